The standard InChI is InChI=1S/C14H17FINO/c1-2-10-5-7-17(8-6-10)14(18)12-9-11(16)3-4-13(12)15/h3-4,9-10H,2,5-8H2,1H3. The first kappa shape index (κ1) is 13.8. The zero-order valence-corrected chi connectivity index (χ0v) is 12.6. The topological polar surface area (TPSA) is 20.3 Å². The van der Waals surface area contributed by atoms with Crippen molar-refractivity contribution in [2.45, 2.75) is 26.2 Å². The second kappa shape index (κ2) is 5.99. The Morgan fingerprint density at radius 1 is 1.44 bits per heavy atom. The summed E-state index contributed by atoms with van der Waals surface area (Å²) in [6.07, 6.45) is 3.24. The Hall–Kier alpha value is -0.650. The molecular formula is C14H17FINO. The van der Waals surface area contributed by atoms with Gasteiger partial charge in [-0.1, -0.05) is 13.3 Å². The van der Waals surface area contributed by atoms with Gasteiger partial charge in [0.2, 0.25) is 0 Å². The van der Waals surface area contributed by atoms with Crippen LogP contribution in [0.1, 0.15) is 36.5 Å². The predicted molar refractivity (Wildman–Crippen MR) is 78.0 cm³/mol. The molecule has 0 radical (unpaired) electrons. The zero-order chi connectivity index (χ0) is 13.1. The van der Waals surface area contributed by atoms with E-state index in [2.05, 4.69) is 29.5 Å². The first-order chi connectivity index (χ1) is 8.61. The number of amides is 1. The fraction of sp³-hybridized carbons (Fsp3) is 0.500. The third-order valence-corrected chi connectivity index (χ3v) is 4.31. The minimum Gasteiger partial charge on any atom is -0.339 e. The van der Waals surface area contributed by atoms with Gasteiger partial charge in [-0.2, -0.15) is 0 Å². The van der Waals surface area contributed by atoms with E-state index >= 15 is 0 Å². The molecule has 1 aliphatic rings. The summed E-state index contributed by atoms with van der Waals surface area (Å²) >= 11 is 2.10. The number of piperidine rings is 1. The highest BCUT2D eigenvalue weighted by molar-refractivity contribution is 14.1. The second-order valence-electron chi connectivity index (χ2n) is 4.77. The lowest BCUT2D eigenvalue weighted by Gasteiger charge is -2.31. The van der Waals surface area contributed by atoms with E-state index in [4.69, 9.17) is 0 Å². The molecule has 0 aliphatic carbocycles. The van der Waals surface area contributed by atoms with Crippen molar-refractivity contribution in [2.75, 3.05) is 13.1 Å². The van der Waals surface area contributed by atoms with Crippen LogP contribution in [0.3, 0.4) is 0 Å². The lowest BCUT2D eigenvalue weighted by atomic mass is 9.94. The molecule has 2 rings (SSSR count). The largest absolute Gasteiger partial charge is 0.339 e. The van der Waals surface area contributed by atoms with Crippen LogP contribution in [0, 0.1) is 15.3 Å². The molecule has 0 bridgehead atoms. The van der Waals surface area contributed by atoms with Gasteiger partial charge in [0.05, 0.1) is 5.56 Å². The van der Waals surface area contributed by atoms with E-state index in [-0.39, 0.29) is 11.5 Å². The number of likely N-dealkylation sites (tertiary alicyclic amines) is 1. The molecule has 0 atom stereocenters. The summed E-state index contributed by atoms with van der Waals surface area (Å²) < 4.78 is 14.6. The lowest BCUT2D eigenvalue weighted by Crippen LogP contribution is -2.38. The fourth-order valence-corrected chi connectivity index (χ4v) is 2.87. The van der Waals surface area contributed by atoms with Crippen LogP contribution in [0.25, 0.3) is 0 Å². The predicted octanol–water partition coefficient (Wildman–Crippen LogP) is 3.69. The summed E-state index contributed by atoms with van der Waals surface area (Å²) in [5.74, 6) is 0.133. The molecule has 0 saturated carbocycles. The summed E-state index contributed by atoms with van der Waals surface area (Å²) in [6, 6.07) is 4.67. The van der Waals surface area contributed by atoms with E-state index in [0.29, 0.717) is 0 Å². The Morgan fingerprint density at radius 3 is 2.72 bits per heavy atom. The summed E-state index contributed by atoms with van der Waals surface area (Å²) in [5.41, 5.74) is 0.205. The molecule has 1 amide bonds. The van der Waals surface area contributed by atoms with Gasteiger partial charge in [-0.15, -0.1) is 0 Å². The first-order valence-electron chi connectivity index (χ1n) is 6.36. The Kier molecular flexibility index (Phi) is 4.59. The molecule has 4 heteroatoms. The summed E-state index contributed by atoms with van der Waals surface area (Å²) in [4.78, 5) is 14.0. The van der Waals surface area contributed by atoms with E-state index in [1.807, 2.05) is 0 Å². The first-order valence-corrected chi connectivity index (χ1v) is 7.44. The van der Waals surface area contributed by atoms with Gasteiger partial charge in [0.15, 0.2) is 0 Å². The van der Waals surface area contributed by atoms with E-state index < -0.39 is 5.82 Å². The molecular weight excluding hydrogens is 344 g/mol. The number of hydrogen-bond acceptors (Lipinski definition) is 1. The number of halogens is 2. The molecule has 1 aromatic rings. The van der Waals surface area contributed by atoms with E-state index in [1.54, 1.807) is 17.0 Å². The number of nitrogens with zero attached hydrogens (tertiary/aromatic N) is 1. The van der Waals surface area contributed by atoms with Gasteiger partial charge >= 0.3 is 0 Å². The highest BCUT2D eigenvalue weighted by Gasteiger charge is 2.24. The van der Waals surface area contributed by atoms with E-state index in [1.165, 1.54) is 12.5 Å². The molecule has 1 aromatic carbocycles. The zero-order valence-electron chi connectivity index (χ0n) is 10.5. The van der Waals surface area contributed by atoms with Gasteiger partial charge in [-0.3, -0.25) is 4.79 Å². The maximum atomic E-state index is 13.7. The van der Waals surface area contributed by atoms with Crippen LogP contribution in [0.4, 0.5) is 4.39 Å². The molecule has 0 N–H and O–H groups in total. The van der Waals surface area contributed by atoms with Crippen LogP contribution in [-0.2, 0) is 0 Å². The Labute approximate surface area is 121 Å². The number of carbonyl (C=O) groups is 1. The van der Waals surface area contributed by atoms with Crippen LogP contribution in [0.2, 0.25) is 0 Å². The molecule has 0 aromatic heterocycles. The SMILES string of the molecule is CCC1CCN(C(=O)c2cc(I)ccc2F)CC1. The van der Waals surface area contributed by atoms with E-state index in [9.17, 15) is 9.18 Å². The van der Waals surface area contributed by atoms with Crippen LogP contribution >= 0.6 is 22.6 Å². The molecule has 1 fully saturated rings. The van der Waals surface area contributed by atoms with Gasteiger partial charge in [-0.05, 0) is 59.5 Å². The molecule has 18 heavy (non-hydrogen) atoms. The Morgan fingerprint density at radius 2 is 2.11 bits per heavy atom. The van der Waals surface area contributed by atoms with Gasteiger partial charge in [0.25, 0.3) is 5.91 Å². The molecule has 1 aliphatic heterocycles. The van der Waals surface area contributed by atoms with Crippen molar-refractivity contribution >= 4 is 28.5 Å². The highest BCUT2D eigenvalue weighted by atomic mass is 127. The average molecular weight is 361 g/mol. The summed E-state index contributed by atoms with van der Waals surface area (Å²) in [7, 11) is 0. The molecule has 2 nitrogen and oxygen atoms in total. The number of benzene rings is 1. The van der Waals surface area contributed by atoms with Crippen LogP contribution < -0.4 is 0 Å². The molecule has 1 saturated heterocycles. The average Bonchev–Trinajstić information content (AvgIpc) is 2.41. The Bertz CT molecular complexity index is 441. The maximum Gasteiger partial charge on any atom is 0.256 e. The van der Waals surface area contributed by atoms with E-state index in [0.717, 1.165) is 35.4 Å². The third-order valence-electron chi connectivity index (χ3n) is 3.64. The van der Waals surface area contributed by atoms with Gasteiger partial charge < -0.3 is 4.90 Å². The molecule has 1 heterocycles. The molecule has 98 valence electrons. The second-order valence-corrected chi connectivity index (χ2v) is 6.01. The lowest BCUT2D eigenvalue weighted by molar-refractivity contribution is 0.0684. The van der Waals surface area contributed by atoms with Crippen molar-refractivity contribution in [1.82, 2.24) is 4.90 Å². The minimum absolute atomic E-state index is 0.166. The Balaban J connectivity index is 2.10. The van der Waals surface area contributed by atoms with Crippen molar-refractivity contribution in [3.05, 3.63) is 33.1 Å². The minimum atomic E-state index is -0.418. The smallest absolute Gasteiger partial charge is 0.256 e. The van der Waals surface area contributed by atoms with Gasteiger partial charge in [0.1, 0.15) is 5.82 Å². The van der Waals surface area contributed by atoms with Gasteiger partial charge in [-0.25, -0.2) is 4.39 Å². The van der Waals surface area contributed by atoms with Crippen molar-refractivity contribution in [3.8, 4) is 0 Å². The normalized spacial score (nSPS) is 16.9. The fourth-order valence-electron chi connectivity index (χ4n) is 2.38. The van der Waals surface area contributed by atoms with Crippen molar-refractivity contribution in [3.63, 3.8) is 0 Å². The number of carbonyl (C=O) groups excluding carboxylic acids is 1. The molecule has 0 spiro atoms. The number of hydrogen-bond donors (Lipinski definition) is 0. The van der Waals surface area contributed by atoms with Crippen LogP contribution in [0.5, 0.6) is 0 Å². The summed E-state index contributed by atoms with van der Waals surface area (Å²) in [6.45, 7) is 3.69. The van der Waals surface area contributed by atoms with Crippen LogP contribution in [-0.4, -0.2) is 23.9 Å². The maximum absolute atomic E-state index is 13.7. The highest BCUT2D eigenvalue weighted by Crippen LogP contribution is 2.22. The number of rotatable bonds is 2. The third kappa shape index (κ3) is 3.02. The molecule has 0 unspecified atom stereocenters. The summed E-state index contributed by atoms with van der Waals surface area (Å²) in [5, 5.41) is 0. The van der Waals surface area contributed by atoms with Crippen molar-refractivity contribution in [2.24, 2.45) is 5.92 Å². The quantitative estimate of drug-likeness (QED) is 0.736. The van der Waals surface area contributed by atoms with Crippen LogP contribution in [0.15, 0.2) is 18.2 Å². The van der Waals surface area contributed by atoms with Crippen molar-refractivity contribution < 1.29 is 9.18 Å². The monoisotopic (exact) mass is 361 g/mol. The van der Waals surface area contributed by atoms with Gasteiger partial charge in [0, 0.05) is 16.7 Å². The van der Waals surface area contributed by atoms with Crippen molar-refractivity contribution in [1.29, 1.82) is 0 Å².